The maximum atomic E-state index is 11.7. The smallest absolute Gasteiger partial charge is 0.381 e. The maximum absolute atomic E-state index is 11.7. The molecule has 1 aliphatic carbocycles. The van der Waals surface area contributed by atoms with E-state index in [4.69, 9.17) is 30.8 Å². The Labute approximate surface area is 231 Å². The monoisotopic (exact) mass is 551 g/mol. The number of fused-ring (bicyclic) bond motifs is 1. The van der Waals surface area contributed by atoms with E-state index in [9.17, 15) is 4.79 Å². The van der Waals surface area contributed by atoms with E-state index < -0.39 is 5.76 Å². The van der Waals surface area contributed by atoms with Crippen LogP contribution >= 0.6 is 11.6 Å². The molecule has 4 aromatic rings. The van der Waals surface area contributed by atoms with Crippen molar-refractivity contribution in [3.8, 4) is 22.8 Å². The number of hydrogen-bond acceptors (Lipinski definition) is 8. The number of halogens is 1. The van der Waals surface area contributed by atoms with Gasteiger partial charge in [-0.1, -0.05) is 36.5 Å². The highest BCUT2D eigenvalue weighted by Crippen LogP contribution is 2.38. The van der Waals surface area contributed by atoms with Gasteiger partial charge in [0.2, 0.25) is 11.8 Å². The van der Waals surface area contributed by atoms with Crippen LogP contribution in [0.15, 0.2) is 33.8 Å². The standard InChI is InChI=1S/C28H34ClN7O3/c1-16-4-6-18(7-5-16)15-36-25-22(32-27(36)35-9-8-21(38-3)10-17(35)2)12-23(26-33-28(37)39-34-26)31-24(25)19-11-20(29)14-30-13-19/h11-14,16-18,21H,4-10,15H2,1-3H3,(H,33,34,37)/t16?,17-,18?,21-/m1/s1. The topological polar surface area (TPSA) is 115 Å². The predicted octanol–water partition coefficient (Wildman–Crippen LogP) is 5.32. The number of imidazole rings is 1. The third kappa shape index (κ3) is 5.19. The van der Waals surface area contributed by atoms with Crippen LogP contribution < -0.4 is 10.7 Å². The summed E-state index contributed by atoms with van der Waals surface area (Å²) in [6.07, 6.45) is 10.4. The first-order valence-corrected chi connectivity index (χ1v) is 14.2. The van der Waals surface area contributed by atoms with Crippen LogP contribution in [0.3, 0.4) is 0 Å². The lowest BCUT2D eigenvalue weighted by atomic mass is 9.83. The third-order valence-corrected chi connectivity index (χ3v) is 8.57. The van der Waals surface area contributed by atoms with Crippen molar-refractivity contribution in [3.05, 3.63) is 40.1 Å². The van der Waals surface area contributed by atoms with Crippen LogP contribution in [0.4, 0.5) is 5.95 Å². The highest BCUT2D eigenvalue weighted by atomic mass is 35.5. The van der Waals surface area contributed by atoms with Gasteiger partial charge in [-0.3, -0.25) is 14.5 Å². The number of anilines is 1. The molecular formula is C28H34ClN7O3. The zero-order valence-corrected chi connectivity index (χ0v) is 23.3. The van der Waals surface area contributed by atoms with Gasteiger partial charge < -0.3 is 14.2 Å². The molecule has 1 saturated carbocycles. The number of aromatic nitrogens is 6. The number of aromatic amines is 1. The van der Waals surface area contributed by atoms with Crippen molar-refractivity contribution in [3.63, 3.8) is 0 Å². The Morgan fingerprint density at radius 1 is 1.13 bits per heavy atom. The molecule has 10 nitrogen and oxygen atoms in total. The number of hydrogen-bond donors (Lipinski definition) is 1. The number of rotatable bonds is 6. The fourth-order valence-corrected chi connectivity index (χ4v) is 6.32. The molecule has 5 heterocycles. The van der Waals surface area contributed by atoms with E-state index in [0.717, 1.165) is 54.4 Å². The molecular weight excluding hydrogens is 518 g/mol. The summed E-state index contributed by atoms with van der Waals surface area (Å²) < 4.78 is 12.8. The Hall–Kier alpha value is -3.24. The zero-order valence-electron chi connectivity index (χ0n) is 22.6. The highest BCUT2D eigenvalue weighted by Gasteiger charge is 2.31. The van der Waals surface area contributed by atoms with Crippen LogP contribution in [-0.4, -0.2) is 55.5 Å². The van der Waals surface area contributed by atoms with Gasteiger partial charge in [0, 0.05) is 44.2 Å². The Bertz CT molecular complexity index is 1520. The van der Waals surface area contributed by atoms with Crippen molar-refractivity contribution in [1.29, 1.82) is 0 Å². The summed E-state index contributed by atoms with van der Waals surface area (Å²) in [7, 11) is 1.79. The van der Waals surface area contributed by atoms with Gasteiger partial charge in [-0.15, -0.1) is 0 Å². The number of nitrogens with one attached hydrogen (secondary N) is 1. The van der Waals surface area contributed by atoms with Crippen LogP contribution in [0.5, 0.6) is 0 Å². The van der Waals surface area contributed by atoms with Crippen LogP contribution in [0.2, 0.25) is 5.02 Å². The molecule has 1 aliphatic heterocycles. The lowest BCUT2D eigenvalue weighted by Gasteiger charge is -2.38. The van der Waals surface area contributed by atoms with Crippen LogP contribution in [0.25, 0.3) is 33.8 Å². The molecule has 6 rings (SSSR count). The molecule has 206 valence electrons. The van der Waals surface area contributed by atoms with Crippen molar-refractivity contribution >= 4 is 28.6 Å². The second-order valence-electron chi connectivity index (χ2n) is 11.1. The van der Waals surface area contributed by atoms with Gasteiger partial charge in [-0.25, -0.2) is 14.8 Å². The van der Waals surface area contributed by atoms with Gasteiger partial charge in [0.25, 0.3) is 0 Å². The Morgan fingerprint density at radius 2 is 1.95 bits per heavy atom. The highest BCUT2D eigenvalue weighted by molar-refractivity contribution is 6.30. The van der Waals surface area contributed by atoms with E-state index in [1.165, 1.54) is 25.7 Å². The van der Waals surface area contributed by atoms with Gasteiger partial charge >= 0.3 is 5.76 Å². The maximum Gasteiger partial charge on any atom is 0.439 e. The summed E-state index contributed by atoms with van der Waals surface area (Å²) in [5.41, 5.74) is 3.65. The first kappa shape index (κ1) is 26.0. The lowest BCUT2D eigenvalue weighted by Crippen LogP contribution is -2.44. The minimum Gasteiger partial charge on any atom is -0.381 e. The molecule has 2 atom stereocenters. The molecule has 0 spiro atoms. The molecule has 2 fully saturated rings. The fourth-order valence-electron chi connectivity index (χ4n) is 6.15. The van der Waals surface area contributed by atoms with Gasteiger partial charge in [0.05, 0.1) is 27.9 Å². The molecule has 1 N–H and O–H groups in total. The van der Waals surface area contributed by atoms with Crippen LogP contribution in [0, 0.1) is 11.8 Å². The average Bonchev–Trinajstić information content (AvgIpc) is 3.53. The Kier molecular flexibility index (Phi) is 7.16. The predicted molar refractivity (Wildman–Crippen MR) is 150 cm³/mol. The summed E-state index contributed by atoms with van der Waals surface area (Å²) in [5.74, 6) is 1.89. The van der Waals surface area contributed by atoms with Crippen molar-refractivity contribution in [1.82, 2.24) is 29.7 Å². The molecule has 0 amide bonds. The summed E-state index contributed by atoms with van der Waals surface area (Å²) in [6, 6.07) is 4.00. The molecule has 0 radical (unpaired) electrons. The molecule has 0 unspecified atom stereocenters. The van der Waals surface area contributed by atoms with E-state index in [1.807, 2.05) is 12.1 Å². The number of piperidine rings is 1. The summed E-state index contributed by atoms with van der Waals surface area (Å²) in [5, 5.41) is 4.41. The van der Waals surface area contributed by atoms with Gasteiger partial charge in [0.15, 0.2) is 0 Å². The normalized spacial score (nSPS) is 23.9. The van der Waals surface area contributed by atoms with Crippen molar-refractivity contribution < 1.29 is 9.26 Å². The minimum atomic E-state index is -0.634. The van der Waals surface area contributed by atoms with Crippen LogP contribution in [-0.2, 0) is 11.3 Å². The second kappa shape index (κ2) is 10.7. The first-order chi connectivity index (χ1) is 18.9. The van der Waals surface area contributed by atoms with E-state index in [2.05, 4.69) is 38.4 Å². The van der Waals surface area contributed by atoms with Crippen LogP contribution in [0.1, 0.15) is 52.4 Å². The number of nitrogens with zero attached hydrogens (tertiary/aromatic N) is 6. The van der Waals surface area contributed by atoms with E-state index in [-0.39, 0.29) is 18.0 Å². The molecule has 4 aromatic heterocycles. The first-order valence-electron chi connectivity index (χ1n) is 13.8. The van der Waals surface area contributed by atoms with Crippen molar-refractivity contribution in [2.45, 2.75) is 71.1 Å². The Morgan fingerprint density at radius 3 is 2.64 bits per heavy atom. The number of H-pyrrole nitrogens is 1. The number of ether oxygens (including phenoxy) is 1. The molecule has 0 bridgehead atoms. The quantitative estimate of drug-likeness (QED) is 0.342. The minimum absolute atomic E-state index is 0.249. The number of methoxy groups -OCH3 is 1. The second-order valence-corrected chi connectivity index (χ2v) is 11.6. The number of pyridine rings is 2. The molecule has 1 saturated heterocycles. The SMILES string of the molecule is CO[C@@H]1CCN(c2nc3cc(-c4noc(=O)[nH]4)nc(-c4cncc(Cl)c4)c3n2CC2CCC(C)CC2)[C@H](C)C1. The van der Waals surface area contributed by atoms with Gasteiger partial charge in [-0.2, -0.15) is 0 Å². The summed E-state index contributed by atoms with van der Waals surface area (Å²) in [6.45, 7) is 6.30. The molecule has 0 aromatic carbocycles. The van der Waals surface area contributed by atoms with Gasteiger partial charge in [-0.05, 0) is 56.6 Å². The molecule has 39 heavy (non-hydrogen) atoms. The largest absolute Gasteiger partial charge is 0.439 e. The van der Waals surface area contributed by atoms with E-state index in [1.54, 1.807) is 19.5 Å². The zero-order chi connectivity index (χ0) is 27.1. The van der Waals surface area contributed by atoms with Crippen molar-refractivity contribution in [2.75, 3.05) is 18.6 Å². The average molecular weight is 552 g/mol. The summed E-state index contributed by atoms with van der Waals surface area (Å²) >= 11 is 6.38. The molecule has 2 aliphatic rings. The van der Waals surface area contributed by atoms with E-state index in [0.29, 0.717) is 22.3 Å². The Balaban J connectivity index is 1.55. The fraction of sp³-hybridized carbons (Fsp3) is 0.536. The van der Waals surface area contributed by atoms with Gasteiger partial charge in [0.1, 0.15) is 5.69 Å². The summed E-state index contributed by atoms with van der Waals surface area (Å²) in [4.78, 5) is 31.3. The third-order valence-electron chi connectivity index (χ3n) is 8.36. The molecule has 11 heteroatoms. The van der Waals surface area contributed by atoms with Crippen molar-refractivity contribution in [2.24, 2.45) is 11.8 Å². The lowest BCUT2D eigenvalue weighted by molar-refractivity contribution is 0.0716. The van der Waals surface area contributed by atoms with E-state index >= 15 is 0 Å².